The first-order valence-corrected chi connectivity index (χ1v) is 13.1. The zero-order valence-corrected chi connectivity index (χ0v) is 22.5. The molecule has 4 aromatic rings. The second-order valence-corrected chi connectivity index (χ2v) is 12.0. The van der Waals surface area contributed by atoms with Crippen molar-refractivity contribution in [2.45, 2.75) is 32.4 Å². The molecule has 2 aromatic heterocycles. The fraction of sp³-hybridized carbons (Fsp3) is 0.269. The van der Waals surface area contributed by atoms with E-state index in [1.165, 1.54) is 0 Å². The molecule has 0 unspecified atom stereocenters. The van der Waals surface area contributed by atoms with Crippen LogP contribution < -0.4 is 20.1 Å². The Kier molecular flexibility index (Phi) is 7.08. The van der Waals surface area contributed by atoms with Crippen molar-refractivity contribution in [3.8, 4) is 16.9 Å². The molecule has 0 atom stereocenters. The molecule has 0 fully saturated rings. The van der Waals surface area contributed by atoms with Crippen LogP contribution >= 0.6 is 0 Å². The van der Waals surface area contributed by atoms with Gasteiger partial charge in [-0.2, -0.15) is 10.1 Å². The lowest BCUT2D eigenvalue weighted by Gasteiger charge is -2.20. The van der Waals surface area contributed by atoms with Gasteiger partial charge in [0.15, 0.2) is 0 Å². The quantitative estimate of drug-likeness (QED) is 0.288. The maximum Gasteiger partial charge on any atom is 0.237 e. The van der Waals surface area contributed by atoms with Crippen molar-refractivity contribution in [3.63, 3.8) is 0 Å². The summed E-state index contributed by atoms with van der Waals surface area (Å²) in [6.07, 6.45) is 5.44. The van der Waals surface area contributed by atoms with Gasteiger partial charge in [0, 0.05) is 36.3 Å². The van der Waals surface area contributed by atoms with E-state index in [2.05, 4.69) is 30.4 Å². The SMILES string of the molecule is COc1cc(-c2cnn(C)c2)ccc1Nc1ncc(C)c(Nc2cccc(NS(=O)(=O)C(C)(C)C)c2)n1. The zero-order valence-electron chi connectivity index (χ0n) is 21.7. The number of ether oxygens (including phenoxy) is 1. The highest BCUT2D eigenvalue weighted by molar-refractivity contribution is 7.94. The van der Waals surface area contributed by atoms with Crippen LogP contribution in [0.3, 0.4) is 0 Å². The van der Waals surface area contributed by atoms with Crippen LogP contribution in [0.1, 0.15) is 26.3 Å². The Morgan fingerprint density at radius 3 is 2.41 bits per heavy atom. The van der Waals surface area contributed by atoms with Gasteiger partial charge < -0.3 is 15.4 Å². The van der Waals surface area contributed by atoms with Gasteiger partial charge in [-0.3, -0.25) is 9.40 Å². The Labute approximate surface area is 217 Å². The van der Waals surface area contributed by atoms with Crippen molar-refractivity contribution in [3.05, 3.63) is 66.6 Å². The molecular formula is C26H31N7O3S. The van der Waals surface area contributed by atoms with Gasteiger partial charge in [-0.15, -0.1) is 0 Å². The summed E-state index contributed by atoms with van der Waals surface area (Å²) in [5, 5.41) is 10.7. The molecule has 11 heteroatoms. The Balaban J connectivity index is 1.55. The first-order valence-electron chi connectivity index (χ1n) is 11.6. The van der Waals surface area contributed by atoms with Crippen LogP contribution in [0.15, 0.2) is 61.1 Å². The van der Waals surface area contributed by atoms with E-state index in [0.29, 0.717) is 34.6 Å². The van der Waals surface area contributed by atoms with Gasteiger partial charge in [0.2, 0.25) is 16.0 Å². The lowest BCUT2D eigenvalue weighted by molar-refractivity contribution is 0.417. The number of methoxy groups -OCH3 is 1. The van der Waals surface area contributed by atoms with Crippen LogP contribution in [0.25, 0.3) is 11.1 Å². The highest BCUT2D eigenvalue weighted by Gasteiger charge is 2.28. The summed E-state index contributed by atoms with van der Waals surface area (Å²) in [4.78, 5) is 9.03. The third-order valence-corrected chi connectivity index (χ3v) is 7.76. The fourth-order valence-electron chi connectivity index (χ4n) is 3.40. The Morgan fingerprint density at radius 1 is 0.973 bits per heavy atom. The van der Waals surface area contributed by atoms with E-state index in [1.807, 2.05) is 44.4 Å². The number of benzene rings is 2. The molecule has 194 valence electrons. The summed E-state index contributed by atoms with van der Waals surface area (Å²) in [6, 6.07) is 12.8. The normalized spacial score (nSPS) is 11.7. The molecule has 2 aromatic carbocycles. The van der Waals surface area contributed by atoms with Gasteiger partial charge >= 0.3 is 0 Å². The maximum atomic E-state index is 12.5. The topological polar surface area (TPSA) is 123 Å². The summed E-state index contributed by atoms with van der Waals surface area (Å²) in [5.74, 6) is 1.60. The van der Waals surface area contributed by atoms with Crippen LogP contribution in [-0.2, 0) is 17.1 Å². The number of hydrogen-bond donors (Lipinski definition) is 3. The summed E-state index contributed by atoms with van der Waals surface area (Å²) >= 11 is 0. The molecule has 3 N–H and O–H groups in total. The van der Waals surface area contributed by atoms with Crippen LogP contribution in [0, 0.1) is 6.92 Å². The molecule has 0 aliphatic heterocycles. The van der Waals surface area contributed by atoms with E-state index in [0.717, 1.165) is 16.7 Å². The van der Waals surface area contributed by atoms with Crippen LogP contribution in [0.5, 0.6) is 5.75 Å². The molecule has 10 nitrogen and oxygen atoms in total. The number of nitrogens with zero attached hydrogens (tertiary/aromatic N) is 4. The predicted octanol–water partition coefficient (Wildman–Crippen LogP) is 5.22. The first-order chi connectivity index (χ1) is 17.4. The molecule has 0 radical (unpaired) electrons. The van der Waals surface area contributed by atoms with E-state index in [-0.39, 0.29) is 0 Å². The number of rotatable bonds is 8. The molecule has 0 saturated carbocycles. The molecule has 4 rings (SSSR count). The van der Waals surface area contributed by atoms with Crippen molar-refractivity contribution in [1.29, 1.82) is 0 Å². The molecule has 0 amide bonds. The lowest BCUT2D eigenvalue weighted by Crippen LogP contribution is -2.33. The van der Waals surface area contributed by atoms with E-state index in [9.17, 15) is 8.42 Å². The maximum absolute atomic E-state index is 12.5. The van der Waals surface area contributed by atoms with E-state index < -0.39 is 14.8 Å². The summed E-state index contributed by atoms with van der Waals surface area (Å²) in [6.45, 7) is 6.84. The second kappa shape index (κ2) is 10.1. The van der Waals surface area contributed by atoms with Crippen molar-refractivity contribution in [2.75, 3.05) is 22.5 Å². The summed E-state index contributed by atoms with van der Waals surface area (Å²) in [5.41, 5.74) is 4.64. The Bertz CT molecular complexity index is 1530. The van der Waals surface area contributed by atoms with Gasteiger partial charge in [0.05, 0.1) is 29.4 Å². The monoisotopic (exact) mass is 521 g/mol. The van der Waals surface area contributed by atoms with Gasteiger partial charge in [0.1, 0.15) is 11.6 Å². The smallest absolute Gasteiger partial charge is 0.237 e. The molecular weight excluding hydrogens is 490 g/mol. The average Bonchev–Trinajstić information content (AvgIpc) is 3.27. The highest BCUT2D eigenvalue weighted by Crippen LogP contribution is 2.32. The third kappa shape index (κ3) is 6.00. The average molecular weight is 522 g/mol. The Hall–Kier alpha value is -4.12. The standard InChI is InChI=1S/C26H31N7O3S/c1-17-14-27-25(30-22-11-10-18(12-23(22)36-6)19-15-28-33(5)16-19)31-24(17)29-20-8-7-9-21(13-20)32-37(34,35)26(2,3)4/h7-16,32H,1-6H3,(H2,27,29,30,31). The number of nitrogens with one attached hydrogen (secondary N) is 3. The molecule has 2 heterocycles. The molecule has 0 aliphatic carbocycles. The number of aryl methyl sites for hydroxylation is 2. The minimum absolute atomic E-state index is 0.380. The number of anilines is 5. The molecule has 0 bridgehead atoms. The van der Waals surface area contributed by atoms with Crippen LogP contribution in [0.4, 0.5) is 28.8 Å². The van der Waals surface area contributed by atoms with Crippen LogP contribution in [-0.4, -0.2) is 40.0 Å². The minimum Gasteiger partial charge on any atom is -0.495 e. The van der Waals surface area contributed by atoms with E-state index >= 15 is 0 Å². The Morgan fingerprint density at radius 2 is 1.73 bits per heavy atom. The predicted molar refractivity (Wildman–Crippen MR) is 147 cm³/mol. The number of sulfonamides is 1. The van der Waals surface area contributed by atoms with E-state index in [1.54, 1.807) is 63.2 Å². The summed E-state index contributed by atoms with van der Waals surface area (Å²) in [7, 11) is -0.0651. The van der Waals surface area contributed by atoms with Crippen molar-refractivity contribution >= 4 is 38.9 Å². The van der Waals surface area contributed by atoms with Crippen molar-refractivity contribution in [2.24, 2.45) is 7.05 Å². The van der Waals surface area contributed by atoms with Gasteiger partial charge in [-0.05, 0) is 63.6 Å². The molecule has 0 aliphatic rings. The van der Waals surface area contributed by atoms with Gasteiger partial charge in [0.25, 0.3) is 0 Å². The fourth-order valence-corrected chi connectivity index (χ4v) is 4.14. The van der Waals surface area contributed by atoms with Crippen LogP contribution in [0.2, 0.25) is 0 Å². The zero-order chi connectivity index (χ0) is 26.8. The highest BCUT2D eigenvalue weighted by atomic mass is 32.2. The minimum atomic E-state index is -3.55. The summed E-state index contributed by atoms with van der Waals surface area (Å²) < 4.78 is 34.1. The van der Waals surface area contributed by atoms with Gasteiger partial charge in [-0.25, -0.2) is 13.4 Å². The number of aromatic nitrogens is 4. The van der Waals surface area contributed by atoms with Crippen molar-refractivity contribution < 1.29 is 13.2 Å². The van der Waals surface area contributed by atoms with Gasteiger partial charge in [-0.1, -0.05) is 12.1 Å². The third-order valence-electron chi connectivity index (χ3n) is 5.64. The largest absolute Gasteiger partial charge is 0.495 e. The molecule has 0 spiro atoms. The number of hydrogen-bond acceptors (Lipinski definition) is 8. The first kappa shape index (κ1) is 26.0. The lowest BCUT2D eigenvalue weighted by atomic mass is 10.1. The molecule has 37 heavy (non-hydrogen) atoms. The molecule has 0 saturated heterocycles. The second-order valence-electron chi connectivity index (χ2n) is 9.59. The van der Waals surface area contributed by atoms with E-state index in [4.69, 9.17) is 4.74 Å². The van der Waals surface area contributed by atoms with Crippen molar-refractivity contribution in [1.82, 2.24) is 19.7 Å².